The van der Waals surface area contributed by atoms with Crippen LogP contribution in [-0.4, -0.2) is 5.91 Å². The number of anilines is 3. The number of rotatable bonds is 3. The van der Waals surface area contributed by atoms with Gasteiger partial charge in [0.1, 0.15) is 11.6 Å². The van der Waals surface area contributed by atoms with Crippen molar-refractivity contribution in [3.8, 4) is 0 Å². The Morgan fingerprint density at radius 1 is 1.05 bits per heavy atom. The Morgan fingerprint density at radius 2 is 1.74 bits per heavy atom. The van der Waals surface area contributed by atoms with Gasteiger partial charge in [-0.2, -0.15) is 0 Å². The van der Waals surface area contributed by atoms with E-state index in [4.69, 9.17) is 11.5 Å². The Morgan fingerprint density at radius 3 is 2.37 bits per heavy atom. The van der Waals surface area contributed by atoms with Crippen molar-refractivity contribution in [1.82, 2.24) is 0 Å². The van der Waals surface area contributed by atoms with Gasteiger partial charge in [-0.1, -0.05) is 12.1 Å². The van der Waals surface area contributed by atoms with Crippen LogP contribution in [0.1, 0.15) is 10.4 Å². The lowest BCUT2D eigenvalue weighted by atomic mass is 10.1. The summed E-state index contributed by atoms with van der Waals surface area (Å²) in [7, 11) is 0. The van der Waals surface area contributed by atoms with Crippen LogP contribution in [0, 0.1) is 11.6 Å². The summed E-state index contributed by atoms with van der Waals surface area (Å²) in [5.74, 6) is -2.03. The Bertz CT molecular complexity index is 644. The molecule has 19 heavy (non-hydrogen) atoms. The Labute approximate surface area is 108 Å². The van der Waals surface area contributed by atoms with E-state index in [2.05, 4.69) is 5.32 Å². The zero-order valence-electron chi connectivity index (χ0n) is 9.78. The third-order valence-corrected chi connectivity index (χ3v) is 2.55. The Balaban J connectivity index is 2.43. The molecule has 1 amide bonds. The minimum Gasteiger partial charge on any atom is -0.398 e. The summed E-state index contributed by atoms with van der Waals surface area (Å²) >= 11 is 0. The molecule has 0 heterocycles. The maximum Gasteiger partial charge on any atom is 0.250 e. The Kier molecular flexibility index (Phi) is 3.33. The van der Waals surface area contributed by atoms with Gasteiger partial charge in [-0.3, -0.25) is 4.79 Å². The van der Waals surface area contributed by atoms with E-state index in [1.807, 2.05) is 0 Å². The van der Waals surface area contributed by atoms with Crippen LogP contribution in [0.2, 0.25) is 0 Å². The molecule has 2 rings (SSSR count). The van der Waals surface area contributed by atoms with Crippen molar-refractivity contribution in [3.63, 3.8) is 0 Å². The molecule has 0 spiro atoms. The van der Waals surface area contributed by atoms with Crippen LogP contribution in [0.5, 0.6) is 0 Å². The van der Waals surface area contributed by atoms with Gasteiger partial charge in [-0.05, 0) is 24.3 Å². The highest BCUT2D eigenvalue weighted by atomic mass is 19.1. The number of halogens is 2. The molecule has 0 aliphatic heterocycles. The van der Waals surface area contributed by atoms with E-state index in [-0.39, 0.29) is 22.6 Å². The van der Waals surface area contributed by atoms with Crippen LogP contribution in [0.4, 0.5) is 25.8 Å². The highest BCUT2D eigenvalue weighted by Gasteiger charge is 2.13. The third kappa shape index (κ3) is 2.62. The van der Waals surface area contributed by atoms with Gasteiger partial charge in [0, 0.05) is 5.69 Å². The molecule has 0 saturated carbocycles. The number of carbonyl (C=O) groups is 1. The number of carbonyl (C=O) groups excluding carboxylic acids is 1. The molecule has 2 aromatic rings. The van der Waals surface area contributed by atoms with Crippen molar-refractivity contribution in [1.29, 1.82) is 0 Å². The molecule has 0 aliphatic rings. The van der Waals surface area contributed by atoms with E-state index in [9.17, 15) is 13.6 Å². The van der Waals surface area contributed by atoms with Crippen LogP contribution in [-0.2, 0) is 0 Å². The second-order valence-corrected chi connectivity index (χ2v) is 3.89. The van der Waals surface area contributed by atoms with E-state index >= 15 is 0 Å². The topological polar surface area (TPSA) is 81.1 Å². The predicted octanol–water partition coefficient (Wildman–Crippen LogP) is 2.39. The van der Waals surface area contributed by atoms with Gasteiger partial charge in [-0.25, -0.2) is 8.78 Å². The molecule has 0 fully saturated rings. The number of nitrogens with two attached hydrogens (primary N) is 2. The van der Waals surface area contributed by atoms with Gasteiger partial charge in [-0.15, -0.1) is 0 Å². The lowest BCUT2D eigenvalue weighted by Crippen LogP contribution is -2.14. The van der Waals surface area contributed by atoms with Gasteiger partial charge in [0.15, 0.2) is 0 Å². The van der Waals surface area contributed by atoms with Crippen LogP contribution in [0.25, 0.3) is 0 Å². The first-order valence-electron chi connectivity index (χ1n) is 5.39. The quantitative estimate of drug-likeness (QED) is 0.744. The second kappa shape index (κ2) is 4.93. The minimum absolute atomic E-state index is 0.0276. The standard InChI is InChI=1S/C13H11F2N3O/c14-8-3-1-2-4-11(8)18-12-5-7(13(17)19)10(16)6-9(12)15/h1-6,18H,16H2,(H2,17,19). The molecule has 0 bridgehead atoms. The number of hydrogen-bond donors (Lipinski definition) is 3. The SMILES string of the molecule is NC(=O)c1cc(Nc2ccccc2F)c(F)cc1N. The van der Waals surface area contributed by atoms with Gasteiger partial charge >= 0.3 is 0 Å². The zero-order valence-corrected chi connectivity index (χ0v) is 9.78. The molecule has 4 nitrogen and oxygen atoms in total. The molecule has 5 N–H and O–H groups in total. The van der Waals surface area contributed by atoms with Gasteiger partial charge < -0.3 is 16.8 Å². The molecule has 6 heteroatoms. The van der Waals surface area contributed by atoms with E-state index in [0.29, 0.717) is 0 Å². The van der Waals surface area contributed by atoms with Crippen molar-refractivity contribution in [3.05, 3.63) is 53.6 Å². The van der Waals surface area contributed by atoms with Gasteiger partial charge in [0.2, 0.25) is 0 Å². The largest absolute Gasteiger partial charge is 0.398 e. The molecule has 0 aliphatic carbocycles. The lowest BCUT2D eigenvalue weighted by Gasteiger charge is -2.11. The number of para-hydroxylation sites is 1. The van der Waals surface area contributed by atoms with Crippen molar-refractivity contribution in [2.75, 3.05) is 11.1 Å². The number of nitrogen functional groups attached to an aromatic ring is 1. The summed E-state index contributed by atoms with van der Waals surface area (Å²) in [4.78, 5) is 11.1. The fourth-order valence-electron chi connectivity index (χ4n) is 1.61. The first-order valence-corrected chi connectivity index (χ1v) is 5.39. The molecule has 0 unspecified atom stereocenters. The third-order valence-electron chi connectivity index (χ3n) is 2.55. The maximum atomic E-state index is 13.7. The number of amides is 1. The zero-order chi connectivity index (χ0) is 14.0. The average molecular weight is 263 g/mol. The summed E-state index contributed by atoms with van der Waals surface area (Å²) in [5, 5.41) is 2.55. The molecule has 98 valence electrons. The summed E-state index contributed by atoms with van der Waals surface area (Å²) in [6.45, 7) is 0. The van der Waals surface area contributed by atoms with Crippen molar-refractivity contribution >= 4 is 23.0 Å². The van der Waals surface area contributed by atoms with Gasteiger partial charge in [0.05, 0.1) is 16.9 Å². The van der Waals surface area contributed by atoms with Crippen molar-refractivity contribution < 1.29 is 13.6 Å². The molecule has 0 radical (unpaired) electrons. The van der Waals surface area contributed by atoms with Crippen LogP contribution in [0.3, 0.4) is 0 Å². The normalized spacial score (nSPS) is 10.2. The number of benzene rings is 2. The molecular formula is C13H11F2N3O. The van der Waals surface area contributed by atoms with E-state index in [1.54, 1.807) is 6.07 Å². The van der Waals surface area contributed by atoms with E-state index < -0.39 is 17.5 Å². The molecule has 2 aromatic carbocycles. The maximum absolute atomic E-state index is 13.7. The van der Waals surface area contributed by atoms with Crippen LogP contribution >= 0.6 is 0 Å². The number of nitrogens with one attached hydrogen (secondary N) is 1. The van der Waals surface area contributed by atoms with E-state index in [1.165, 1.54) is 18.2 Å². The Hall–Kier alpha value is -2.63. The fraction of sp³-hybridized carbons (Fsp3) is 0. The average Bonchev–Trinajstić information content (AvgIpc) is 2.34. The summed E-state index contributed by atoms with van der Waals surface area (Å²) in [6.07, 6.45) is 0. The highest BCUT2D eigenvalue weighted by Crippen LogP contribution is 2.26. The number of hydrogen-bond acceptors (Lipinski definition) is 3. The molecular weight excluding hydrogens is 252 g/mol. The predicted molar refractivity (Wildman–Crippen MR) is 69.0 cm³/mol. The van der Waals surface area contributed by atoms with Crippen molar-refractivity contribution in [2.24, 2.45) is 5.73 Å². The summed E-state index contributed by atoms with van der Waals surface area (Å²) in [5.41, 5.74) is 10.5. The van der Waals surface area contributed by atoms with Gasteiger partial charge in [0.25, 0.3) is 5.91 Å². The monoisotopic (exact) mass is 263 g/mol. The molecule has 0 aromatic heterocycles. The first-order chi connectivity index (χ1) is 8.99. The fourth-order valence-corrected chi connectivity index (χ4v) is 1.61. The summed E-state index contributed by atoms with van der Waals surface area (Å²) in [6, 6.07) is 7.88. The van der Waals surface area contributed by atoms with E-state index in [0.717, 1.165) is 12.1 Å². The smallest absolute Gasteiger partial charge is 0.250 e. The minimum atomic E-state index is -0.783. The van der Waals surface area contributed by atoms with Crippen molar-refractivity contribution in [2.45, 2.75) is 0 Å². The lowest BCUT2D eigenvalue weighted by molar-refractivity contribution is 0.100. The highest BCUT2D eigenvalue weighted by molar-refractivity contribution is 5.99. The van der Waals surface area contributed by atoms with Crippen LogP contribution < -0.4 is 16.8 Å². The number of primary amides is 1. The second-order valence-electron chi connectivity index (χ2n) is 3.89. The summed E-state index contributed by atoms with van der Waals surface area (Å²) < 4.78 is 27.1. The molecule has 0 saturated heterocycles. The molecule has 0 atom stereocenters. The first kappa shape index (κ1) is 12.8. The van der Waals surface area contributed by atoms with Crippen LogP contribution in [0.15, 0.2) is 36.4 Å².